The Labute approximate surface area is 777 Å². The van der Waals surface area contributed by atoms with E-state index < -0.39 is 0 Å². The van der Waals surface area contributed by atoms with Crippen molar-refractivity contribution in [3.8, 4) is 0 Å². The van der Waals surface area contributed by atoms with Gasteiger partial charge in [-0.15, -0.1) is 0 Å². The van der Waals surface area contributed by atoms with Gasteiger partial charge in [0, 0.05) is 45.3 Å². The molecule has 0 amide bonds. The summed E-state index contributed by atoms with van der Waals surface area (Å²) in [5, 5.41) is 174. The second kappa shape index (κ2) is 12.2. The molecule has 0 fully saturated rings. The summed E-state index contributed by atoms with van der Waals surface area (Å²) in [7, 11) is 0. The van der Waals surface area contributed by atoms with Crippen LogP contribution in [-0.2, 0) is 21.7 Å². The molecule has 142 heavy (non-hydrogen) atoms. The summed E-state index contributed by atoms with van der Waals surface area (Å²) in [5.41, 5.74) is 41.5. The van der Waals surface area contributed by atoms with E-state index in [9.17, 15) is 0 Å². The maximum absolute atomic E-state index is 1.95. The Hall–Kier alpha value is -15.9. The zero-order valence-electron chi connectivity index (χ0n) is 73.8. The molecule has 4 spiro atoms. The van der Waals surface area contributed by atoms with E-state index in [0.29, 0.717) is 23.7 Å². The summed E-state index contributed by atoms with van der Waals surface area (Å²) in [6.07, 6.45) is 14.7. The maximum Gasteiger partial charge on any atom is 0.0224 e. The molecule has 0 heterocycles. The number of hydrogen-bond donors (Lipinski definition) is 0. The van der Waals surface area contributed by atoms with Crippen LogP contribution in [0.1, 0.15) is 167 Å². The van der Waals surface area contributed by atoms with Gasteiger partial charge in [-0.2, -0.15) is 0 Å². The molecule has 0 aromatic heterocycles. The molecule has 0 radical (unpaired) electrons. The molecule has 70 rings (SSSR count). The summed E-state index contributed by atoms with van der Waals surface area (Å²) in [6, 6.07) is 0. The van der Waals surface area contributed by atoms with Gasteiger partial charge in [0.1, 0.15) is 0 Å². The molecule has 0 saturated heterocycles. The molecule has 8 atom stereocenters. The van der Waals surface area contributed by atoms with Gasteiger partial charge in [0.25, 0.3) is 0 Å². The number of allylic oxidation sites excluding steroid dienone is 10. The van der Waals surface area contributed by atoms with Crippen molar-refractivity contribution in [2.24, 2.45) is 0 Å². The smallest absolute Gasteiger partial charge is 0.0224 e. The van der Waals surface area contributed by atoms with Gasteiger partial charge in [-0.25, -0.2) is 0 Å². The van der Waals surface area contributed by atoms with Gasteiger partial charge in [-0.05, 0) is 682 Å². The normalized spacial score (nSPS) is 27.2. The Morgan fingerprint density at radius 2 is 0.183 bits per heavy atom. The minimum Gasteiger partial charge on any atom is -0.0656 e. The second-order valence-corrected chi connectivity index (χ2v) is 56.1. The van der Waals surface area contributed by atoms with Crippen molar-refractivity contribution in [3.05, 3.63) is 122 Å². The van der Waals surface area contributed by atoms with Crippen molar-refractivity contribution in [1.82, 2.24) is 0 Å². The Morgan fingerprint density at radius 3 is 0.366 bits per heavy atom. The first-order valence-electron chi connectivity index (χ1n) is 55.2. The fourth-order valence-electron chi connectivity index (χ4n) is 56.4. The quantitative estimate of drug-likeness (QED) is 0.105. The standard InChI is InChI=1S/C142H28/c1-13-2-17-7-21-11-141-133-119-105-81-65-47-29-25-26-30-36(29)54-69(65)85-86-70(54)66-48(30)52-44-34(26)40-39-33(25)43-51(47)77(81)93-89-61(43)57(39)73-74-58(40)62(44)90-94-78(52)82(66)106-110(86)128(127(133)109(85)105)134-120(106)116(94)124-102(90)98(74)112-97(73)101(89)123(115(93)119)137(141)130(112)138(124)142(134,141)12-22(21)8-18(17)4-14(13)3-16-6-20-10-140-132-118-104-80-64-46-28-24-23-27-35(28)53-67-63-45(27)49-41-31(23)37-38-32(24)42-50(46)76(80)92-88-60(42)56(38)72-71-55(37)59(41)87-91-75(49)79(63)103-107-83(67)84(68(53)64)108(104)126(132)125(107)131-117(103)113(91)121-99(87)95(71)111-96(72)100(88)122(114(92)118)136(140)129(111)135(121)139(131,140)9-19(20)5-15(1)16/h131,133,136,138H,1-12H2. The lowest BCUT2D eigenvalue weighted by atomic mass is 9.39. The predicted molar refractivity (Wildman–Crippen MR) is 592 cm³/mol. The Morgan fingerprint density at radius 1 is 0.0845 bits per heavy atom. The topological polar surface area (TPSA) is 0 Å². The third-order valence-corrected chi connectivity index (χ3v) is 56.3. The summed E-state index contributed by atoms with van der Waals surface area (Å²) < 4.78 is 0. The highest BCUT2D eigenvalue weighted by Gasteiger charge is 2.81. The summed E-state index contributed by atoms with van der Waals surface area (Å²) in [6.45, 7) is 0. The van der Waals surface area contributed by atoms with E-state index in [1.807, 2.05) is 155 Å². The van der Waals surface area contributed by atoms with Gasteiger partial charge in [-0.1, -0.05) is 55.7 Å². The monoisotopic (exact) mass is 1730 g/mol. The first-order valence-corrected chi connectivity index (χ1v) is 55.2. The number of hydrogen-bond acceptors (Lipinski definition) is 0. The van der Waals surface area contributed by atoms with Crippen LogP contribution in [0.15, 0.2) is 55.7 Å². The molecular formula is C142H28. The SMILES string of the molecule is C1C2=C(CC3=C1CC1=C(C3)CC34c5c6c7c8c9c%10c%11c%12c(c%13c%14c%15c%16c(c%17c5c5c6c6c8c8c%18c9c9c%11c%11c%12c%14c%12c%15c%14c%15c%16c%17c%16c5c5c6c8c6c8c%18c9c9c%11c%12c%11c%14c%12c%15c%16c5c6c%12c8c9%11)C%133)C4(C1)C7%10)CC1=C(C2)CC2=C(C1)CC13c4c5c6c7c8c9c%10c%11c(c%12c%13c%14c%15c(c%16c4c4c5c5c7c7c%17c8c8c%10c%10c%11c%13c%11c%14c%13c%14c%15c%16c%15c4c4c5c7c5c7c%17c8c8c%10c%11c%10c%13c%11c%14c%15c4c5c%11c7c8%10)C%121)C3(C2)C69. The van der Waals surface area contributed by atoms with Crippen molar-refractivity contribution >= 4 is 539 Å². The van der Waals surface area contributed by atoms with Crippen LogP contribution in [0.5, 0.6) is 0 Å². The van der Waals surface area contributed by atoms with Crippen LogP contribution in [0.3, 0.4) is 0 Å². The molecule has 596 valence electrons. The molecular weight excluding hydrogens is 1710 g/mol. The van der Waals surface area contributed by atoms with Gasteiger partial charge >= 0.3 is 0 Å². The Bertz CT molecular complexity index is 16000. The van der Waals surface area contributed by atoms with E-state index >= 15 is 0 Å². The molecule has 8 unspecified atom stereocenters. The van der Waals surface area contributed by atoms with E-state index in [2.05, 4.69) is 0 Å². The zero-order valence-corrected chi connectivity index (χ0v) is 73.8. The van der Waals surface area contributed by atoms with Crippen molar-refractivity contribution in [2.45, 2.75) is 122 Å². The fraction of sp³-hybridized carbons (Fsp3) is 0.141. The van der Waals surface area contributed by atoms with Gasteiger partial charge in [0.2, 0.25) is 0 Å². The van der Waals surface area contributed by atoms with E-state index in [4.69, 9.17) is 0 Å². The van der Waals surface area contributed by atoms with Gasteiger partial charge in [0.15, 0.2) is 0 Å². The summed E-state index contributed by atoms with van der Waals surface area (Å²) in [5.74, 6) is 1.35. The van der Waals surface area contributed by atoms with Crippen LogP contribution in [0, 0.1) is 0 Å². The largest absolute Gasteiger partial charge is 0.0656 e. The van der Waals surface area contributed by atoms with Crippen LogP contribution in [0.2, 0.25) is 0 Å². The maximum atomic E-state index is 1.95. The third-order valence-electron chi connectivity index (χ3n) is 56.3. The predicted octanol–water partition coefficient (Wildman–Crippen LogP) is 38.0. The van der Waals surface area contributed by atoms with Crippen molar-refractivity contribution in [1.29, 1.82) is 0 Å². The van der Waals surface area contributed by atoms with Crippen molar-refractivity contribution < 1.29 is 0 Å². The zero-order chi connectivity index (χ0) is 83.2. The average molecular weight is 1730 g/mol. The average Bonchev–Trinajstić information content (AvgIpc) is 1.38. The van der Waals surface area contributed by atoms with Crippen LogP contribution in [0.4, 0.5) is 0 Å². The molecule has 52 aromatic carbocycles. The molecule has 0 saturated carbocycles. The minimum atomic E-state index is -0.113. The van der Waals surface area contributed by atoms with Gasteiger partial charge < -0.3 is 0 Å². The number of benzene rings is 32. The highest BCUT2D eigenvalue weighted by Crippen LogP contribution is 2.95. The molecule has 0 heteroatoms. The fourth-order valence-corrected chi connectivity index (χ4v) is 56.4. The minimum absolute atomic E-state index is 0.113. The summed E-state index contributed by atoms with van der Waals surface area (Å²) >= 11 is 0. The summed E-state index contributed by atoms with van der Waals surface area (Å²) in [4.78, 5) is 0. The highest BCUT2D eigenvalue weighted by molar-refractivity contribution is 6.86. The lowest BCUT2D eigenvalue weighted by Gasteiger charge is -2.62. The first kappa shape index (κ1) is 53.0. The van der Waals surface area contributed by atoms with Crippen LogP contribution in [-0.4, -0.2) is 0 Å². The van der Waals surface area contributed by atoms with Crippen molar-refractivity contribution in [3.63, 3.8) is 0 Å². The molecule has 0 bridgehead atoms. The molecule has 18 aliphatic carbocycles. The molecule has 0 nitrogen and oxygen atoms in total. The van der Waals surface area contributed by atoms with Crippen LogP contribution >= 0.6 is 0 Å². The second-order valence-electron chi connectivity index (χ2n) is 56.1. The number of rotatable bonds is 0. The van der Waals surface area contributed by atoms with E-state index in [-0.39, 0.29) is 21.7 Å². The molecule has 0 aliphatic heterocycles. The lowest BCUT2D eigenvalue weighted by molar-refractivity contribution is 0.167. The van der Waals surface area contributed by atoms with Gasteiger partial charge in [-0.3, -0.25) is 0 Å². The molecule has 52 aromatic rings. The Kier molecular flexibility index (Phi) is 4.54. The van der Waals surface area contributed by atoms with E-state index in [1.165, 1.54) is 77.0 Å². The van der Waals surface area contributed by atoms with Gasteiger partial charge in [0.05, 0.1) is 0 Å². The molecule has 0 N–H and O–H groups in total. The van der Waals surface area contributed by atoms with Crippen LogP contribution < -0.4 is 0 Å². The Balaban J connectivity index is 0.432. The van der Waals surface area contributed by atoms with E-state index in [0.717, 1.165) is 0 Å². The lowest BCUT2D eigenvalue weighted by Crippen LogP contribution is -2.57. The highest BCUT2D eigenvalue weighted by atomic mass is 14.8. The first-order chi connectivity index (χ1) is 70.7. The van der Waals surface area contributed by atoms with E-state index in [1.54, 1.807) is 506 Å². The third kappa shape index (κ3) is 2.93. The van der Waals surface area contributed by atoms with Crippen molar-refractivity contribution in [2.75, 3.05) is 0 Å². The van der Waals surface area contributed by atoms with Crippen LogP contribution in [0.25, 0.3) is 539 Å². The molecule has 18 aliphatic rings.